The van der Waals surface area contributed by atoms with Crippen molar-refractivity contribution in [1.82, 2.24) is 0 Å². The second-order valence-corrected chi connectivity index (χ2v) is 8.53. The van der Waals surface area contributed by atoms with E-state index in [0.717, 1.165) is 17.9 Å². The fourth-order valence-electron chi connectivity index (χ4n) is 4.33. The van der Waals surface area contributed by atoms with Crippen molar-refractivity contribution in [3.8, 4) is 11.8 Å². The minimum absolute atomic E-state index is 0.691. The number of rotatable bonds is 7. The van der Waals surface area contributed by atoms with E-state index in [0.29, 0.717) is 5.92 Å². The molecule has 1 aliphatic carbocycles. The molecule has 2 aromatic rings. The zero-order valence-electron chi connectivity index (χ0n) is 18.3. The van der Waals surface area contributed by atoms with Crippen LogP contribution in [0.15, 0.2) is 60.7 Å². The summed E-state index contributed by atoms with van der Waals surface area (Å²) in [5.41, 5.74) is 5.55. The van der Waals surface area contributed by atoms with Crippen molar-refractivity contribution in [2.75, 3.05) is 0 Å². The van der Waals surface area contributed by atoms with Crippen LogP contribution in [0.25, 0.3) is 0 Å². The van der Waals surface area contributed by atoms with Crippen LogP contribution in [0.4, 0.5) is 0 Å². The molecule has 0 bridgehead atoms. The Labute approximate surface area is 178 Å². The molecule has 0 N–H and O–H groups in total. The van der Waals surface area contributed by atoms with Crippen molar-refractivity contribution in [2.24, 2.45) is 5.92 Å². The first-order valence-corrected chi connectivity index (χ1v) is 11.6. The first kappa shape index (κ1) is 21.4. The summed E-state index contributed by atoms with van der Waals surface area (Å²) in [5, 5.41) is 0. The largest absolute Gasteiger partial charge is 0.0730 e. The molecule has 0 atom stereocenters. The number of benzene rings is 2. The first-order valence-electron chi connectivity index (χ1n) is 11.6. The fraction of sp³-hybridized carbons (Fsp3) is 0.448. The van der Waals surface area contributed by atoms with Crippen LogP contribution < -0.4 is 0 Å². The van der Waals surface area contributed by atoms with Crippen molar-refractivity contribution in [3.63, 3.8) is 0 Å². The quantitative estimate of drug-likeness (QED) is 0.426. The van der Waals surface area contributed by atoms with Gasteiger partial charge in [-0.05, 0) is 91.7 Å². The summed E-state index contributed by atoms with van der Waals surface area (Å²) in [6.07, 6.45) is 15.7. The minimum Gasteiger partial charge on any atom is -0.0730 e. The molecule has 1 saturated carbocycles. The molecule has 29 heavy (non-hydrogen) atoms. The number of hydrogen-bond donors (Lipinski definition) is 0. The number of aryl methyl sites for hydroxylation is 2. The highest BCUT2D eigenvalue weighted by Gasteiger charge is 2.20. The molecule has 0 radical (unpaired) electrons. The van der Waals surface area contributed by atoms with E-state index in [9.17, 15) is 0 Å². The predicted molar refractivity (Wildman–Crippen MR) is 126 cm³/mol. The summed E-state index contributed by atoms with van der Waals surface area (Å²) in [5.74, 6) is 7.94. The summed E-state index contributed by atoms with van der Waals surface area (Å²) in [7, 11) is 0. The van der Waals surface area contributed by atoms with Gasteiger partial charge >= 0.3 is 0 Å². The third kappa shape index (κ3) is 6.93. The molecule has 2 aromatic carbocycles. The van der Waals surface area contributed by atoms with E-state index in [1.165, 1.54) is 62.5 Å². The maximum absolute atomic E-state index is 3.27. The molecular weight excluding hydrogens is 348 g/mol. The summed E-state index contributed by atoms with van der Waals surface area (Å²) in [6.45, 7) is 4.48. The average Bonchev–Trinajstić information content (AvgIpc) is 2.77. The molecule has 0 unspecified atom stereocenters. The van der Waals surface area contributed by atoms with Crippen LogP contribution in [0, 0.1) is 17.8 Å². The monoisotopic (exact) mass is 384 g/mol. The van der Waals surface area contributed by atoms with Gasteiger partial charge in [0.2, 0.25) is 0 Å². The van der Waals surface area contributed by atoms with Crippen LogP contribution in [-0.2, 0) is 12.8 Å². The smallest absolute Gasteiger partial charge is 0.0249 e. The second-order valence-electron chi connectivity index (χ2n) is 8.53. The first-order chi connectivity index (χ1) is 14.3. The molecule has 3 rings (SSSR count). The molecule has 1 fully saturated rings. The molecule has 0 aliphatic heterocycles. The lowest BCUT2D eigenvalue weighted by Gasteiger charge is -2.27. The highest BCUT2D eigenvalue weighted by molar-refractivity contribution is 5.38. The van der Waals surface area contributed by atoms with Crippen molar-refractivity contribution in [3.05, 3.63) is 82.9 Å². The van der Waals surface area contributed by atoms with Gasteiger partial charge in [-0.3, -0.25) is 0 Å². The van der Waals surface area contributed by atoms with Crippen molar-refractivity contribution >= 4 is 0 Å². The van der Waals surface area contributed by atoms with Crippen LogP contribution in [0.5, 0.6) is 0 Å². The maximum atomic E-state index is 3.27. The molecule has 0 heteroatoms. The lowest BCUT2D eigenvalue weighted by Crippen LogP contribution is -2.11. The van der Waals surface area contributed by atoms with Gasteiger partial charge in [0.15, 0.2) is 0 Å². The van der Waals surface area contributed by atoms with E-state index < -0.39 is 0 Å². The third-order valence-corrected chi connectivity index (χ3v) is 6.20. The molecule has 0 nitrogen and oxygen atoms in total. The van der Waals surface area contributed by atoms with Crippen LogP contribution in [-0.4, -0.2) is 0 Å². The number of allylic oxidation sites excluding steroid dienone is 2. The van der Waals surface area contributed by atoms with Gasteiger partial charge < -0.3 is 0 Å². The Morgan fingerprint density at radius 2 is 1.45 bits per heavy atom. The summed E-state index contributed by atoms with van der Waals surface area (Å²) in [6, 6.07) is 18.1. The SMILES string of the molecule is CCCCc1ccc(C2CCC(/C=C/C#Cc3ccc(CCC)cc3)CC2)cc1. The molecule has 0 aromatic heterocycles. The van der Waals surface area contributed by atoms with E-state index in [4.69, 9.17) is 0 Å². The zero-order chi connectivity index (χ0) is 20.3. The Morgan fingerprint density at radius 1 is 0.793 bits per heavy atom. The molecule has 1 aliphatic rings. The Morgan fingerprint density at radius 3 is 2.10 bits per heavy atom. The highest BCUT2D eigenvalue weighted by Crippen LogP contribution is 2.36. The Bertz CT molecular complexity index is 803. The van der Waals surface area contributed by atoms with E-state index in [1.807, 2.05) is 0 Å². The van der Waals surface area contributed by atoms with Gasteiger partial charge in [0, 0.05) is 5.56 Å². The standard InChI is InChI=1S/C29H36/c1-3-5-9-25-16-20-28(21-17-25)29-22-18-27(19-23-29)11-7-6-10-26-14-12-24(8-4-2)13-15-26/h7,11-17,20-21,27,29H,3-5,8-9,18-19,22-23H2,1-2H3/b11-7+. The summed E-state index contributed by atoms with van der Waals surface area (Å²) in [4.78, 5) is 0. The molecule has 0 heterocycles. The topological polar surface area (TPSA) is 0 Å². The Balaban J connectivity index is 1.45. The average molecular weight is 385 g/mol. The van der Waals surface area contributed by atoms with Gasteiger partial charge in [0.25, 0.3) is 0 Å². The summed E-state index contributed by atoms with van der Waals surface area (Å²) >= 11 is 0. The van der Waals surface area contributed by atoms with Crippen LogP contribution in [0.3, 0.4) is 0 Å². The van der Waals surface area contributed by atoms with Crippen LogP contribution in [0.2, 0.25) is 0 Å². The van der Waals surface area contributed by atoms with Gasteiger partial charge in [-0.2, -0.15) is 0 Å². The highest BCUT2D eigenvalue weighted by atomic mass is 14.3. The Hall–Kier alpha value is -2.26. The van der Waals surface area contributed by atoms with Crippen LogP contribution >= 0.6 is 0 Å². The summed E-state index contributed by atoms with van der Waals surface area (Å²) < 4.78 is 0. The minimum atomic E-state index is 0.691. The van der Waals surface area contributed by atoms with Gasteiger partial charge in [-0.15, -0.1) is 0 Å². The van der Waals surface area contributed by atoms with Gasteiger partial charge in [-0.25, -0.2) is 0 Å². The number of unbranched alkanes of at least 4 members (excludes halogenated alkanes) is 1. The normalized spacial score (nSPS) is 19.1. The van der Waals surface area contributed by atoms with E-state index in [2.05, 4.69) is 86.4 Å². The van der Waals surface area contributed by atoms with Gasteiger partial charge in [0.1, 0.15) is 0 Å². The van der Waals surface area contributed by atoms with Crippen molar-refractivity contribution in [1.29, 1.82) is 0 Å². The molecule has 0 amide bonds. The van der Waals surface area contributed by atoms with Crippen LogP contribution in [0.1, 0.15) is 87.0 Å². The number of hydrogen-bond acceptors (Lipinski definition) is 0. The van der Waals surface area contributed by atoms with Gasteiger partial charge in [0.05, 0.1) is 0 Å². The lowest BCUT2D eigenvalue weighted by atomic mass is 9.78. The molecular formula is C29H36. The molecule has 0 saturated heterocycles. The van der Waals surface area contributed by atoms with E-state index in [1.54, 1.807) is 5.56 Å². The molecule has 0 spiro atoms. The van der Waals surface area contributed by atoms with Crippen molar-refractivity contribution < 1.29 is 0 Å². The van der Waals surface area contributed by atoms with E-state index in [-0.39, 0.29) is 0 Å². The predicted octanol–water partition coefficient (Wildman–Crippen LogP) is 7.86. The Kier molecular flexibility index (Phi) is 8.63. The second kappa shape index (κ2) is 11.7. The zero-order valence-corrected chi connectivity index (χ0v) is 18.3. The fourth-order valence-corrected chi connectivity index (χ4v) is 4.33. The van der Waals surface area contributed by atoms with Crippen molar-refractivity contribution in [2.45, 2.75) is 77.6 Å². The third-order valence-electron chi connectivity index (χ3n) is 6.20. The van der Waals surface area contributed by atoms with E-state index >= 15 is 0 Å². The lowest BCUT2D eigenvalue weighted by molar-refractivity contribution is 0.376. The molecule has 152 valence electrons. The maximum Gasteiger partial charge on any atom is 0.0249 e. The van der Waals surface area contributed by atoms with Gasteiger partial charge in [-0.1, -0.05) is 81.0 Å².